The van der Waals surface area contributed by atoms with Gasteiger partial charge < -0.3 is 14.5 Å². The lowest BCUT2D eigenvalue weighted by Crippen LogP contribution is -2.28. The van der Waals surface area contributed by atoms with Crippen molar-refractivity contribution in [2.45, 2.75) is 6.61 Å². The van der Waals surface area contributed by atoms with Crippen LogP contribution in [0.5, 0.6) is 0 Å². The fraction of sp³-hybridized carbons (Fsp3) is 0.182. The normalized spacial score (nSPS) is 14.1. The minimum Gasteiger partial charge on any atom is -0.423 e. The Morgan fingerprint density at radius 1 is 1.67 bits per heavy atom. The van der Waals surface area contributed by atoms with E-state index < -0.39 is 7.12 Å². The fourth-order valence-electron chi connectivity index (χ4n) is 1.56. The molecule has 0 radical (unpaired) electrons. The predicted molar refractivity (Wildman–Crippen MR) is 72.4 cm³/mol. The largest absolute Gasteiger partial charge is 0.491 e. The minimum atomic E-state index is -0.909. The zero-order valence-electron chi connectivity index (χ0n) is 9.40. The first-order valence-corrected chi connectivity index (χ1v) is 5.94. The zero-order chi connectivity index (χ0) is 13.1. The van der Waals surface area contributed by atoms with Crippen LogP contribution in [0.4, 0.5) is 0 Å². The van der Waals surface area contributed by atoms with E-state index in [4.69, 9.17) is 32.7 Å². The first-order valence-electron chi connectivity index (χ1n) is 5.18. The molecule has 0 aliphatic carbocycles. The van der Waals surface area contributed by atoms with E-state index in [0.29, 0.717) is 27.7 Å². The zero-order valence-corrected chi connectivity index (χ0v) is 10.9. The molecule has 1 aromatic rings. The van der Waals surface area contributed by atoms with E-state index in [1.165, 1.54) is 6.21 Å². The van der Waals surface area contributed by atoms with E-state index >= 15 is 0 Å². The molecule has 0 fully saturated rings. The molecule has 0 unspecified atom stereocenters. The highest BCUT2D eigenvalue weighted by molar-refractivity contribution is 6.61. The third-order valence-electron chi connectivity index (χ3n) is 2.41. The summed E-state index contributed by atoms with van der Waals surface area (Å²) >= 11 is 11.6. The van der Waals surface area contributed by atoms with Gasteiger partial charge in [-0.3, -0.25) is 0 Å². The lowest BCUT2D eigenvalue weighted by Gasteiger charge is -2.03. The quantitative estimate of drug-likeness (QED) is 0.520. The maximum atomic E-state index is 9.57. The molecule has 2 rings (SSSR count). The molecule has 0 saturated heterocycles. The van der Waals surface area contributed by atoms with Gasteiger partial charge in [-0.15, -0.1) is 0 Å². The highest BCUT2D eigenvalue weighted by atomic mass is 35.5. The fourth-order valence-corrected chi connectivity index (χ4v) is 1.85. The van der Waals surface area contributed by atoms with Crippen LogP contribution < -0.4 is 5.46 Å². The van der Waals surface area contributed by atoms with Gasteiger partial charge >= 0.3 is 7.12 Å². The smallest absolute Gasteiger partial charge is 0.423 e. The van der Waals surface area contributed by atoms with Crippen LogP contribution in [0.1, 0.15) is 11.1 Å². The van der Waals surface area contributed by atoms with Crippen molar-refractivity contribution in [3.63, 3.8) is 0 Å². The molecule has 0 saturated carbocycles. The SMILES string of the molecule is C=C(Cl)CO/N=C/c1cc2c(cc1Cl)COB2O. The van der Waals surface area contributed by atoms with E-state index in [2.05, 4.69) is 11.7 Å². The first-order chi connectivity index (χ1) is 8.58. The molecule has 0 amide bonds. The number of nitrogens with zero attached hydrogens (tertiary/aromatic N) is 1. The molecular formula is C11H10BCl2NO3. The summed E-state index contributed by atoms with van der Waals surface area (Å²) < 4.78 is 5.08. The summed E-state index contributed by atoms with van der Waals surface area (Å²) in [6.45, 7) is 3.95. The van der Waals surface area contributed by atoms with Gasteiger partial charge in [0.05, 0.1) is 17.9 Å². The Balaban J connectivity index is 2.14. The molecule has 4 nitrogen and oxygen atoms in total. The molecule has 1 aliphatic rings. The Morgan fingerprint density at radius 3 is 3.17 bits per heavy atom. The van der Waals surface area contributed by atoms with Gasteiger partial charge in [-0.05, 0) is 17.1 Å². The number of fused-ring (bicyclic) bond motifs is 1. The Labute approximate surface area is 115 Å². The standard InChI is InChI=1S/C11H10BCl2NO3/c1-7(13)5-18-15-4-8-2-10-9(3-11(8)14)6-17-12(10)16/h2-4,16H,1,5-6H2/b15-4+. The summed E-state index contributed by atoms with van der Waals surface area (Å²) in [5.74, 6) is 0. The molecule has 0 aromatic heterocycles. The second kappa shape index (κ2) is 5.76. The van der Waals surface area contributed by atoms with Crippen LogP contribution in [-0.2, 0) is 16.1 Å². The van der Waals surface area contributed by atoms with Crippen molar-refractivity contribution in [2.24, 2.45) is 5.16 Å². The molecule has 18 heavy (non-hydrogen) atoms. The molecule has 0 spiro atoms. The molecular weight excluding hydrogens is 276 g/mol. The number of halogens is 2. The Kier molecular flexibility index (Phi) is 4.29. The van der Waals surface area contributed by atoms with Gasteiger partial charge in [0.25, 0.3) is 0 Å². The van der Waals surface area contributed by atoms with Crippen LogP contribution in [-0.4, -0.2) is 25.0 Å². The van der Waals surface area contributed by atoms with E-state index in [1.807, 2.05) is 0 Å². The number of benzene rings is 1. The van der Waals surface area contributed by atoms with E-state index in [1.54, 1.807) is 12.1 Å². The number of oxime groups is 1. The number of rotatable bonds is 4. The van der Waals surface area contributed by atoms with Crippen LogP contribution in [0.25, 0.3) is 0 Å². The minimum absolute atomic E-state index is 0.131. The highest BCUT2D eigenvalue weighted by Crippen LogP contribution is 2.19. The molecule has 0 atom stereocenters. The van der Waals surface area contributed by atoms with Gasteiger partial charge in [0, 0.05) is 10.6 Å². The van der Waals surface area contributed by atoms with Crippen LogP contribution in [0.3, 0.4) is 0 Å². The summed E-state index contributed by atoms with van der Waals surface area (Å²) in [7, 11) is -0.909. The number of hydrogen-bond donors (Lipinski definition) is 1. The lowest BCUT2D eigenvalue weighted by atomic mass is 9.79. The summed E-state index contributed by atoms with van der Waals surface area (Å²) in [6.07, 6.45) is 1.45. The van der Waals surface area contributed by atoms with Crippen molar-refractivity contribution in [3.8, 4) is 0 Å². The van der Waals surface area contributed by atoms with Crippen molar-refractivity contribution in [1.82, 2.24) is 0 Å². The first kappa shape index (κ1) is 13.4. The Hall–Kier alpha value is -1.01. The van der Waals surface area contributed by atoms with Crippen LogP contribution >= 0.6 is 23.2 Å². The monoisotopic (exact) mass is 285 g/mol. The van der Waals surface area contributed by atoms with Crippen molar-refractivity contribution >= 4 is 42.0 Å². The molecule has 1 aliphatic heterocycles. The van der Waals surface area contributed by atoms with Crippen LogP contribution in [0.2, 0.25) is 5.02 Å². The van der Waals surface area contributed by atoms with Crippen molar-refractivity contribution in [2.75, 3.05) is 6.61 Å². The molecule has 7 heteroatoms. The van der Waals surface area contributed by atoms with Gasteiger partial charge in [-0.25, -0.2) is 0 Å². The van der Waals surface area contributed by atoms with Crippen molar-refractivity contribution in [3.05, 3.63) is 39.9 Å². The van der Waals surface area contributed by atoms with Crippen LogP contribution in [0.15, 0.2) is 28.9 Å². The molecule has 1 heterocycles. The number of hydrogen-bond acceptors (Lipinski definition) is 4. The Morgan fingerprint density at radius 2 is 2.44 bits per heavy atom. The second-order valence-corrected chi connectivity index (χ2v) is 4.70. The van der Waals surface area contributed by atoms with Crippen molar-refractivity contribution < 1.29 is 14.5 Å². The van der Waals surface area contributed by atoms with Gasteiger partial charge in [0.15, 0.2) is 6.61 Å². The lowest BCUT2D eigenvalue weighted by molar-refractivity contribution is 0.174. The summed E-state index contributed by atoms with van der Waals surface area (Å²) in [5.41, 5.74) is 2.21. The van der Waals surface area contributed by atoms with E-state index in [-0.39, 0.29) is 6.61 Å². The van der Waals surface area contributed by atoms with E-state index in [9.17, 15) is 5.02 Å². The molecule has 0 bridgehead atoms. The third-order valence-corrected chi connectivity index (χ3v) is 2.85. The summed E-state index contributed by atoms with van der Waals surface area (Å²) in [4.78, 5) is 4.89. The highest BCUT2D eigenvalue weighted by Gasteiger charge is 2.28. The maximum absolute atomic E-state index is 9.57. The van der Waals surface area contributed by atoms with Crippen molar-refractivity contribution in [1.29, 1.82) is 0 Å². The second-order valence-electron chi connectivity index (χ2n) is 3.76. The average molecular weight is 286 g/mol. The molecule has 1 aromatic carbocycles. The van der Waals surface area contributed by atoms with Gasteiger partial charge in [0.1, 0.15) is 0 Å². The summed E-state index contributed by atoms with van der Waals surface area (Å²) in [5, 5.41) is 14.2. The third kappa shape index (κ3) is 3.06. The maximum Gasteiger partial charge on any atom is 0.491 e. The Bertz CT molecular complexity index is 507. The van der Waals surface area contributed by atoms with Crippen LogP contribution in [0, 0.1) is 0 Å². The summed E-state index contributed by atoms with van der Waals surface area (Å²) in [6, 6.07) is 3.46. The average Bonchev–Trinajstić information content (AvgIpc) is 2.66. The molecule has 1 N–H and O–H groups in total. The van der Waals surface area contributed by atoms with Gasteiger partial charge in [-0.2, -0.15) is 0 Å². The van der Waals surface area contributed by atoms with E-state index in [0.717, 1.165) is 5.56 Å². The molecule has 94 valence electrons. The predicted octanol–water partition coefficient (Wildman–Crippen LogP) is 1.66. The van der Waals surface area contributed by atoms with Gasteiger partial charge in [-0.1, -0.05) is 41.0 Å². The van der Waals surface area contributed by atoms with Gasteiger partial charge in [0.2, 0.25) is 0 Å². The topological polar surface area (TPSA) is 51.0 Å².